The molecule has 1 atom stereocenters. The number of rotatable bonds is 8. The van der Waals surface area contributed by atoms with E-state index in [1.54, 1.807) is 20.8 Å². The van der Waals surface area contributed by atoms with E-state index in [9.17, 15) is 14.4 Å². The van der Waals surface area contributed by atoms with Gasteiger partial charge in [-0.3, -0.25) is 14.4 Å². The number of hydrogen-bond acceptors (Lipinski definition) is 4. The lowest BCUT2D eigenvalue weighted by Gasteiger charge is -2.12. The molecule has 0 bridgehead atoms. The molecule has 0 aliphatic rings. The molecule has 1 heterocycles. The lowest BCUT2D eigenvalue weighted by Crippen LogP contribution is -2.25. The van der Waals surface area contributed by atoms with Gasteiger partial charge < -0.3 is 9.72 Å². The van der Waals surface area contributed by atoms with Gasteiger partial charge >= 0.3 is 5.97 Å². The molecule has 0 unspecified atom stereocenters. The third-order valence-electron chi connectivity index (χ3n) is 4.76. The highest BCUT2D eigenvalue weighted by molar-refractivity contribution is 6.05. The van der Waals surface area contributed by atoms with Crippen LogP contribution < -0.4 is 0 Å². The van der Waals surface area contributed by atoms with Gasteiger partial charge in [0, 0.05) is 17.7 Å². The van der Waals surface area contributed by atoms with Crippen molar-refractivity contribution in [2.75, 3.05) is 0 Å². The van der Waals surface area contributed by atoms with Crippen LogP contribution in [0.5, 0.6) is 0 Å². The maximum Gasteiger partial charge on any atom is 0.306 e. The van der Waals surface area contributed by atoms with Crippen molar-refractivity contribution in [2.45, 2.75) is 60.0 Å². The number of benzene rings is 1. The molecular formula is C22H27NO4. The maximum absolute atomic E-state index is 12.6. The number of ketones is 2. The van der Waals surface area contributed by atoms with Gasteiger partial charge in [0.2, 0.25) is 5.78 Å². The number of aromatic nitrogens is 1. The first-order chi connectivity index (χ1) is 12.7. The van der Waals surface area contributed by atoms with Gasteiger partial charge in [-0.15, -0.1) is 0 Å². The van der Waals surface area contributed by atoms with Crippen LogP contribution in [0.1, 0.15) is 70.4 Å². The van der Waals surface area contributed by atoms with E-state index >= 15 is 0 Å². The van der Waals surface area contributed by atoms with Gasteiger partial charge in [0.15, 0.2) is 11.9 Å². The van der Waals surface area contributed by atoms with Crippen molar-refractivity contribution in [1.82, 2.24) is 4.98 Å². The van der Waals surface area contributed by atoms with E-state index < -0.39 is 12.1 Å². The topological polar surface area (TPSA) is 76.2 Å². The van der Waals surface area contributed by atoms with Gasteiger partial charge in [0.25, 0.3) is 0 Å². The molecule has 1 aromatic heterocycles. The van der Waals surface area contributed by atoms with Gasteiger partial charge in [-0.2, -0.15) is 0 Å². The second-order valence-corrected chi connectivity index (χ2v) is 6.85. The second-order valence-electron chi connectivity index (χ2n) is 6.85. The lowest BCUT2D eigenvalue weighted by atomic mass is 10.0. The maximum atomic E-state index is 12.6. The predicted octanol–water partition coefficient (Wildman–Crippen LogP) is 4.14. The number of aryl methyl sites for hydroxylation is 3. The van der Waals surface area contributed by atoms with Crippen molar-refractivity contribution in [1.29, 1.82) is 0 Å². The highest BCUT2D eigenvalue weighted by Gasteiger charge is 2.25. The molecule has 0 amide bonds. The quantitative estimate of drug-likeness (QED) is 0.560. The van der Waals surface area contributed by atoms with Crippen LogP contribution >= 0.6 is 0 Å². The van der Waals surface area contributed by atoms with Crippen LogP contribution in [0.2, 0.25) is 0 Å². The monoisotopic (exact) mass is 369 g/mol. The smallest absolute Gasteiger partial charge is 0.306 e. The van der Waals surface area contributed by atoms with Crippen LogP contribution in [0.25, 0.3) is 0 Å². The number of hydrogen-bond donors (Lipinski definition) is 1. The number of carbonyl (C=O) groups excluding carboxylic acids is 3. The normalized spacial score (nSPS) is 11.9. The van der Waals surface area contributed by atoms with E-state index in [0.29, 0.717) is 28.9 Å². The molecule has 0 saturated heterocycles. The van der Waals surface area contributed by atoms with E-state index in [1.807, 2.05) is 12.1 Å². The Morgan fingerprint density at radius 2 is 1.67 bits per heavy atom. The Morgan fingerprint density at radius 3 is 2.19 bits per heavy atom. The van der Waals surface area contributed by atoms with Crippen LogP contribution in [0.4, 0.5) is 0 Å². The Hall–Kier alpha value is -2.69. The molecule has 27 heavy (non-hydrogen) atoms. The van der Waals surface area contributed by atoms with Gasteiger partial charge in [0.1, 0.15) is 0 Å². The van der Waals surface area contributed by atoms with E-state index in [0.717, 1.165) is 12.0 Å². The predicted molar refractivity (Wildman–Crippen MR) is 104 cm³/mol. The van der Waals surface area contributed by atoms with Crippen LogP contribution in [0, 0.1) is 13.8 Å². The van der Waals surface area contributed by atoms with Crippen molar-refractivity contribution in [3.63, 3.8) is 0 Å². The molecule has 0 radical (unpaired) electrons. The van der Waals surface area contributed by atoms with E-state index in [2.05, 4.69) is 24.0 Å². The molecule has 1 aromatic carbocycles. The van der Waals surface area contributed by atoms with Crippen molar-refractivity contribution in [3.8, 4) is 0 Å². The van der Waals surface area contributed by atoms with Crippen molar-refractivity contribution in [3.05, 3.63) is 57.9 Å². The summed E-state index contributed by atoms with van der Waals surface area (Å²) in [6.45, 7) is 8.59. The first kappa shape index (κ1) is 20.6. The molecule has 144 valence electrons. The molecule has 5 nitrogen and oxygen atoms in total. The number of esters is 1. The first-order valence-corrected chi connectivity index (χ1v) is 9.26. The van der Waals surface area contributed by atoms with Gasteiger partial charge in [0.05, 0.1) is 5.69 Å². The highest BCUT2D eigenvalue weighted by atomic mass is 16.5. The number of aromatic amines is 1. The molecule has 0 aliphatic carbocycles. The summed E-state index contributed by atoms with van der Waals surface area (Å²) >= 11 is 0. The Balaban J connectivity index is 1.96. The number of carbonyl (C=O) groups is 3. The number of Topliss-reactive ketones (excluding diaryl/α,β-unsaturated/α-hetero) is 2. The van der Waals surface area contributed by atoms with E-state index in [-0.39, 0.29) is 18.0 Å². The Bertz CT molecular complexity index is 846. The molecule has 0 aliphatic heterocycles. The Morgan fingerprint density at radius 1 is 1.07 bits per heavy atom. The molecular weight excluding hydrogens is 342 g/mol. The highest BCUT2D eigenvalue weighted by Crippen LogP contribution is 2.20. The summed E-state index contributed by atoms with van der Waals surface area (Å²) < 4.78 is 5.30. The molecule has 0 fully saturated rings. The molecule has 5 heteroatoms. The zero-order valence-corrected chi connectivity index (χ0v) is 16.6. The molecule has 0 spiro atoms. The van der Waals surface area contributed by atoms with Crippen molar-refractivity contribution >= 4 is 17.5 Å². The minimum Gasteiger partial charge on any atom is -0.454 e. The Kier molecular flexibility index (Phi) is 6.72. The average Bonchev–Trinajstić information content (AvgIpc) is 2.94. The molecule has 2 aromatic rings. The van der Waals surface area contributed by atoms with Crippen LogP contribution in [-0.2, 0) is 22.4 Å². The summed E-state index contributed by atoms with van der Waals surface area (Å²) in [6.07, 6.45) is 0.852. The minimum atomic E-state index is -0.906. The summed E-state index contributed by atoms with van der Waals surface area (Å²) in [6, 6.07) is 8.12. The van der Waals surface area contributed by atoms with Gasteiger partial charge in [-0.1, -0.05) is 31.2 Å². The third-order valence-corrected chi connectivity index (χ3v) is 4.76. The van der Waals surface area contributed by atoms with Crippen LogP contribution in [0.15, 0.2) is 24.3 Å². The first-order valence-electron chi connectivity index (χ1n) is 9.26. The second kappa shape index (κ2) is 8.80. The zero-order valence-electron chi connectivity index (χ0n) is 16.6. The molecule has 2 rings (SSSR count). The number of nitrogens with one attached hydrogen (secondary N) is 1. The van der Waals surface area contributed by atoms with E-state index in [1.165, 1.54) is 12.5 Å². The van der Waals surface area contributed by atoms with E-state index in [4.69, 9.17) is 4.74 Å². The lowest BCUT2D eigenvalue weighted by molar-refractivity contribution is -0.146. The fourth-order valence-electron chi connectivity index (χ4n) is 3.23. The third kappa shape index (κ3) is 4.94. The number of H-pyrrole nitrogens is 1. The van der Waals surface area contributed by atoms with Crippen LogP contribution in [0.3, 0.4) is 0 Å². The summed E-state index contributed by atoms with van der Waals surface area (Å²) in [4.78, 5) is 39.4. The van der Waals surface area contributed by atoms with Gasteiger partial charge in [-0.25, -0.2) is 0 Å². The fraction of sp³-hybridized carbons (Fsp3) is 0.409. The van der Waals surface area contributed by atoms with Crippen molar-refractivity contribution in [2.24, 2.45) is 0 Å². The standard InChI is InChI=1S/C22H27NO4/c1-6-17-7-9-18(10-8-17)11-12-19(25)27-16(5)22(26)21-13(2)20(15(4)24)14(3)23-21/h7-10,16,23H,6,11-12H2,1-5H3/t16-/m1/s1. The Labute approximate surface area is 160 Å². The number of ether oxygens (including phenoxy) is 1. The van der Waals surface area contributed by atoms with Gasteiger partial charge in [-0.05, 0) is 57.2 Å². The fourth-order valence-corrected chi connectivity index (χ4v) is 3.23. The summed E-state index contributed by atoms with van der Waals surface area (Å²) in [7, 11) is 0. The SMILES string of the molecule is CCc1ccc(CCC(=O)O[C@H](C)C(=O)c2[nH]c(C)c(C(C)=O)c2C)cc1. The largest absolute Gasteiger partial charge is 0.454 e. The summed E-state index contributed by atoms with van der Waals surface area (Å²) in [5, 5.41) is 0. The zero-order chi connectivity index (χ0) is 20.1. The molecule has 1 N–H and O–H groups in total. The average molecular weight is 369 g/mol. The summed E-state index contributed by atoms with van der Waals surface area (Å²) in [5.41, 5.74) is 4.41. The molecule has 0 saturated carbocycles. The van der Waals surface area contributed by atoms with Crippen LogP contribution in [-0.4, -0.2) is 28.6 Å². The minimum absolute atomic E-state index is 0.0981. The summed E-state index contributed by atoms with van der Waals surface area (Å²) in [5.74, 6) is -0.842. The van der Waals surface area contributed by atoms with Crippen molar-refractivity contribution < 1.29 is 19.1 Å².